The second-order valence-electron chi connectivity index (χ2n) is 8.75. The Morgan fingerprint density at radius 3 is 0.974 bits per heavy atom. The number of rotatable bonds is 11. The minimum absolute atomic E-state index is 0.136. The van der Waals surface area contributed by atoms with Crippen molar-refractivity contribution in [3.63, 3.8) is 0 Å². The lowest BCUT2D eigenvalue weighted by Crippen LogP contribution is -2.35. The van der Waals surface area contributed by atoms with Crippen molar-refractivity contribution in [3.05, 3.63) is 120 Å². The van der Waals surface area contributed by atoms with Gasteiger partial charge >= 0.3 is 11.9 Å². The van der Waals surface area contributed by atoms with Gasteiger partial charge < -0.3 is 9.47 Å². The number of ether oxygens (including phenoxy) is 2. The van der Waals surface area contributed by atoms with Crippen LogP contribution in [-0.2, 0) is 30.3 Å². The van der Waals surface area contributed by atoms with Crippen molar-refractivity contribution >= 4 is 11.9 Å². The Balaban J connectivity index is 1.53. The number of aromatic nitrogens is 4. The summed E-state index contributed by atoms with van der Waals surface area (Å²) in [7, 11) is 0. The average molecular weight is 511 g/mol. The van der Waals surface area contributed by atoms with E-state index in [1.54, 1.807) is 49.6 Å². The molecule has 4 heterocycles. The molecule has 4 aromatic rings. The summed E-state index contributed by atoms with van der Waals surface area (Å²) in [6.07, 6.45) is 14.0. The minimum Gasteiger partial charge on any atom is -0.449 e. The molecule has 0 aliphatic carbocycles. The third-order valence-electron chi connectivity index (χ3n) is 6.69. The average Bonchev–Trinajstić information content (AvgIpc) is 2.99. The lowest BCUT2D eigenvalue weighted by Gasteiger charge is -2.34. The smallest absolute Gasteiger partial charge is 0.307 e. The normalized spacial score (nSPS) is 11.5. The fourth-order valence-electron chi connectivity index (χ4n) is 4.71. The van der Waals surface area contributed by atoms with Gasteiger partial charge in [-0.2, -0.15) is 0 Å². The van der Waals surface area contributed by atoms with Gasteiger partial charge in [0.15, 0.2) is 11.2 Å². The summed E-state index contributed by atoms with van der Waals surface area (Å²) < 4.78 is 12.2. The summed E-state index contributed by atoms with van der Waals surface area (Å²) in [5.41, 5.74) is 1.09. The first-order chi connectivity index (χ1) is 18.5. The monoisotopic (exact) mass is 510 g/mol. The summed E-state index contributed by atoms with van der Waals surface area (Å²) in [6.45, 7) is 3.89. The van der Waals surface area contributed by atoms with Crippen molar-refractivity contribution in [2.24, 2.45) is 0 Å². The zero-order valence-corrected chi connectivity index (χ0v) is 21.5. The van der Waals surface area contributed by atoms with E-state index in [1.165, 1.54) is 0 Å². The SMILES string of the molecule is CCC(OC(=O)CCC(=O)OC(CC)(c1ccncc1)c1ccncc1)(c1ccncc1)c1ccncc1. The van der Waals surface area contributed by atoms with Crippen molar-refractivity contribution in [3.8, 4) is 0 Å². The summed E-state index contributed by atoms with van der Waals surface area (Å²) in [6, 6.07) is 14.6. The quantitative estimate of drug-likeness (QED) is 0.256. The van der Waals surface area contributed by atoms with Gasteiger partial charge in [-0.3, -0.25) is 29.5 Å². The van der Waals surface area contributed by atoms with Crippen LogP contribution >= 0.6 is 0 Å². The van der Waals surface area contributed by atoms with Crippen LogP contribution in [0.25, 0.3) is 0 Å². The molecule has 194 valence electrons. The van der Waals surface area contributed by atoms with Gasteiger partial charge in [-0.05, 0) is 61.4 Å². The molecule has 4 aromatic heterocycles. The maximum absolute atomic E-state index is 13.2. The molecule has 0 radical (unpaired) electrons. The summed E-state index contributed by atoms with van der Waals surface area (Å²) >= 11 is 0. The van der Waals surface area contributed by atoms with Crippen molar-refractivity contribution in [2.45, 2.75) is 50.7 Å². The van der Waals surface area contributed by atoms with E-state index in [1.807, 2.05) is 62.4 Å². The molecule has 0 fully saturated rings. The van der Waals surface area contributed by atoms with Gasteiger partial charge in [0.2, 0.25) is 0 Å². The molecule has 0 aliphatic rings. The van der Waals surface area contributed by atoms with Crippen LogP contribution in [0.5, 0.6) is 0 Å². The first-order valence-corrected chi connectivity index (χ1v) is 12.6. The highest BCUT2D eigenvalue weighted by Crippen LogP contribution is 2.38. The van der Waals surface area contributed by atoms with Crippen LogP contribution in [0.15, 0.2) is 98.1 Å². The highest BCUT2D eigenvalue weighted by atomic mass is 16.6. The van der Waals surface area contributed by atoms with Crippen molar-refractivity contribution in [2.75, 3.05) is 0 Å². The highest BCUT2D eigenvalue weighted by Gasteiger charge is 2.39. The lowest BCUT2D eigenvalue weighted by atomic mass is 9.84. The Morgan fingerprint density at radius 1 is 0.526 bits per heavy atom. The Labute approximate surface area is 222 Å². The standard InChI is InChI=1S/C30H30N4O4/c1-3-29(23-7-15-31-16-8-23,24-9-17-32-18-10-24)37-27(35)5-6-28(36)38-30(4-2,25-11-19-33-20-12-25)26-13-21-34-22-14-26/h7-22H,3-6H2,1-2H3. The minimum atomic E-state index is -1.03. The molecule has 0 bridgehead atoms. The molecule has 8 nitrogen and oxygen atoms in total. The molecule has 0 aliphatic heterocycles. The van der Waals surface area contributed by atoms with Gasteiger partial charge in [0.1, 0.15) is 0 Å². The molecule has 0 unspecified atom stereocenters. The van der Waals surface area contributed by atoms with E-state index in [-0.39, 0.29) is 12.8 Å². The number of hydrogen-bond acceptors (Lipinski definition) is 8. The zero-order chi connectivity index (χ0) is 26.8. The molecule has 0 N–H and O–H groups in total. The van der Waals surface area contributed by atoms with Crippen LogP contribution in [-0.4, -0.2) is 31.9 Å². The van der Waals surface area contributed by atoms with Crippen molar-refractivity contribution < 1.29 is 19.1 Å². The summed E-state index contributed by atoms with van der Waals surface area (Å²) in [4.78, 5) is 42.7. The molecule has 0 amide bonds. The molecule has 0 saturated heterocycles. The van der Waals surface area contributed by atoms with Crippen molar-refractivity contribution in [1.29, 1.82) is 0 Å². The Hall–Kier alpha value is -4.46. The lowest BCUT2D eigenvalue weighted by molar-refractivity contribution is -0.164. The van der Waals surface area contributed by atoms with Gasteiger partial charge in [0.05, 0.1) is 12.8 Å². The number of hydrogen-bond donors (Lipinski definition) is 0. The van der Waals surface area contributed by atoms with E-state index in [2.05, 4.69) is 19.9 Å². The van der Waals surface area contributed by atoms with Crippen LogP contribution in [0.2, 0.25) is 0 Å². The molecule has 38 heavy (non-hydrogen) atoms. The highest BCUT2D eigenvalue weighted by molar-refractivity contribution is 5.78. The number of nitrogens with zero attached hydrogens (tertiary/aromatic N) is 4. The number of esters is 2. The van der Waals surface area contributed by atoms with Crippen LogP contribution in [0.4, 0.5) is 0 Å². The van der Waals surface area contributed by atoms with Gasteiger partial charge in [0, 0.05) is 71.8 Å². The van der Waals surface area contributed by atoms with Crippen LogP contribution in [0.3, 0.4) is 0 Å². The number of carbonyl (C=O) groups is 2. The summed E-state index contributed by atoms with van der Waals surface area (Å²) in [5.74, 6) is -1.01. The molecular formula is C30H30N4O4. The van der Waals surface area contributed by atoms with E-state index in [9.17, 15) is 9.59 Å². The third-order valence-corrected chi connectivity index (χ3v) is 6.69. The van der Waals surface area contributed by atoms with E-state index in [0.29, 0.717) is 12.8 Å². The molecule has 0 saturated carbocycles. The molecule has 0 spiro atoms. The fourth-order valence-corrected chi connectivity index (χ4v) is 4.71. The molecule has 8 heteroatoms. The zero-order valence-electron chi connectivity index (χ0n) is 21.5. The molecule has 4 rings (SSSR count). The first-order valence-electron chi connectivity index (χ1n) is 12.6. The van der Waals surface area contributed by atoms with Gasteiger partial charge in [0.25, 0.3) is 0 Å². The first kappa shape index (κ1) is 26.6. The fraction of sp³-hybridized carbons (Fsp3) is 0.267. The second kappa shape index (κ2) is 12.2. The van der Waals surface area contributed by atoms with Gasteiger partial charge in [-0.15, -0.1) is 0 Å². The van der Waals surface area contributed by atoms with E-state index in [4.69, 9.17) is 9.47 Å². The van der Waals surface area contributed by atoms with Gasteiger partial charge in [-0.25, -0.2) is 0 Å². The third kappa shape index (κ3) is 5.59. The molecule has 0 atom stereocenters. The van der Waals surface area contributed by atoms with Gasteiger partial charge in [-0.1, -0.05) is 13.8 Å². The number of pyridine rings is 4. The number of carbonyl (C=O) groups excluding carboxylic acids is 2. The molecular weight excluding hydrogens is 480 g/mol. The van der Waals surface area contributed by atoms with Crippen LogP contribution < -0.4 is 0 Å². The topological polar surface area (TPSA) is 104 Å². The van der Waals surface area contributed by atoms with Crippen LogP contribution in [0, 0.1) is 0 Å². The maximum Gasteiger partial charge on any atom is 0.307 e. The maximum atomic E-state index is 13.2. The van der Waals surface area contributed by atoms with E-state index >= 15 is 0 Å². The van der Waals surface area contributed by atoms with Crippen LogP contribution in [0.1, 0.15) is 61.8 Å². The predicted octanol–water partition coefficient (Wildman–Crippen LogP) is 5.14. The summed E-state index contributed by atoms with van der Waals surface area (Å²) in [5, 5.41) is 0. The molecule has 0 aromatic carbocycles. The Morgan fingerprint density at radius 2 is 0.763 bits per heavy atom. The Bertz CT molecular complexity index is 1140. The Kier molecular flexibility index (Phi) is 8.53. The van der Waals surface area contributed by atoms with E-state index < -0.39 is 23.1 Å². The largest absolute Gasteiger partial charge is 0.449 e. The van der Waals surface area contributed by atoms with E-state index in [0.717, 1.165) is 22.3 Å². The van der Waals surface area contributed by atoms with Crippen molar-refractivity contribution in [1.82, 2.24) is 19.9 Å². The predicted molar refractivity (Wildman–Crippen MR) is 141 cm³/mol. The second-order valence-corrected chi connectivity index (χ2v) is 8.75.